The summed E-state index contributed by atoms with van der Waals surface area (Å²) < 4.78 is 0. The number of nitrogens with one attached hydrogen (secondary N) is 1. The van der Waals surface area contributed by atoms with Crippen LogP contribution in [0.2, 0.25) is 5.02 Å². The lowest BCUT2D eigenvalue weighted by Gasteiger charge is -2.13. The Bertz CT molecular complexity index is 519. The molecule has 1 unspecified atom stereocenters. The summed E-state index contributed by atoms with van der Waals surface area (Å²) >= 11 is 6.08. The number of benzene rings is 1. The van der Waals surface area contributed by atoms with E-state index >= 15 is 0 Å². The average molecular weight is 282 g/mol. The number of carbonyl (C=O) groups excluding carboxylic acids is 2. The number of nitrogens with zero attached hydrogens (tertiary/aromatic N) is 1. The van der Waals surface area contributed by atoms with Crippen molar-refractivity contribution >= 4 is 23.4 Å². The molecule has 3 N–H and O–H groups in total. The summed E-state index contributed by atoms with van der Waals surface area (Å²) in [6.45, 7) is 1.26. The van der Waals surface area contributed by atoms with Gasteiger partial charge in [-0.25, -0.2) is 0 Å². The Hall–Kier alpha value is -1.59. The van der Waals surface area contributed by atoms with Gasteiger partial charge in [-0.2, -0.15) is 0 Å². The Balaban J connectivity index is 2.00. The number of halogens is 1. The van der Waals surface area contributed by atoms with Crippen molar-refractivity contribution in [3.8, 4) is 0 Å². The maximum Gasteiger partial charge on any atom is 0.248 e. The van der Waals surface area contributed by atoms with E-state index in [1.54, 1.807) is 30.1 Å². The van der Waals surface area contributed by atoms with Gasteiger partial charge in [-0.1, -0.05) is 17.7 Å². The molecule has 0 aromatic heterocycles. The minimum Gasteiger partial charge on any atom is -0.366 e. The van der Waals surface area contributed by atoms with Crippen LogP contribution in [0.3, 0.4) is 0 Å². The van der Waals surface area contributed by atoms with Crippen molar-refractivity contribution in [2.45, 2.75) is 19.0 Å². The predicted molar refractivity (Wildman–Crippen MR) is 72.9 cm³/mol. The summed E-state index contributed by atoms with van der Waals surface area (Å²) in [5.74, 6) is -0.404. The van der Waals surface area contributed by atoms with Crippen molar-refractivity contribution < 1.29 is 9.59 Å². The molecule has 1 aromatic rings. The topological polar surface area (TPSA) is 75.4 Å². The fourth-order valence-corrected chi connectivity index (χ4v) is 2.34. The minimum atomic E-state index is -0.506. The van der Waals surface area contributed by atoms with Crippen LogP contribution in [0.15, 0.2) is 18.2 Å². The largest absolute Gasteiger partial charge is 0.366 e. The van der Waals surface area contributed by atoms with Crippen LogP contribution in [-0.2, 0) is 11.3 Å². The summed E-state index contributed by atoms with van der Waals surface area (Å²) in [6.07, 6.45) is 0.798. The summed E-state index contributed by atoms with van der Waals surface area (Å²) in [4.78, 5) is 24.4. The van der Waals surface area contributed by atoms with E-state index < -0.39 is 5.91 Å². The smallest absolute Gasteiger partial charge is 0.248 e. The molecule has 1 fully saturated rings. The summed E-state index contributed by atoms with van der Waals surface area (Å²) in [6, 6.07) is 4.77. The van der Waals surface area contributed by atoms with Crippen LogP contribution >= 0.6 is 11.6 Å². The molecule has 1 aliphatic heterocycles. The van der Waals surface area contributed by atoms with Crippen LogP contribution in [0.25, 0.3) is 0 Å². The van der Waals surface area contributed by atoms with Gasteiger partial charge in [-0.05, 0) is 24.1 Å². The van der Waals surface area contributed by atoms with Crippen molar-refractivity contribution in [2.75, 3.05) is 13.6 Å². The fraction of sp³-hybridized carbons (Fsp3) is 0.385. The van der Waals surface area contributed by atoms with E-state index in [0.717, 1.165) is 18.5 Å². The second-order valence-corrected chi connectivity index (χ2v) is 5.06. The van der Waals surface area contributed by atoms with Crippen molar-refractivity contribution in [1.29, 1.82) is 0 Å². The van der Waals surface area contributed by atoms with E-state index in [-0.39, 0.29) is 11.9 Å². The fourth-order valence-electron chi connectivity index (χ4n) is 2.09. The summed E-state index contributed by atoms with van der Waals surface area (Å²) in [5.41, 5.74) is 6.40. The van der Waals surface area contributed by atoms with E-state index in [1.165, 1.54) is 0 Å². The highest BCUT2D eigenvalue weighted by molar-refractivity contribution is 6.31. The van der Waals surface area contributed by atoms with Gasteiger partial charge < -0.3 is 16.0 Å². The normalized spacial score (nSPS) is 18.9. The number of likely N-dealkylation sites (tertiary alicyclic amines) is 1. The number of carbonyl (C=O) groups is 2. The first-order valence-electron chi connectivity index (χ1n) is 6.05. The van der Waals surface area contributed by atoms with Crippen LogP contribution in [-0.4, -0.2) is 36.3 Å². The number of rotatable bonds is 4. The third kappa shape index (κ3) is 3.05. The highest BCUT2D eigenvalue weighted by Gasteiger charge is 2.28. The van der Waals surface area contributed by atoms with Crippen molar-refractivity contribution in [3.05, 3.63) is 34.3 Å². The molecule has 102 valence electrons. The second kappa shape index (κ2) is 5.59. The van der Waals surface area contributed by atoms with Crippen LogP contribution in [0.1, 0.15) is 22.3 Å². The first kappa shape index (κ1) is 13.8. The van der Waals surface area contributed by atoms with Crippen molar-refractivity contribution in [1.82, 2.24) is 10.2 Å². The van der Waals surface area contributed by atoms with Crippen molar-refractivity contribution in [3.63, 3.8) is 0 Å². The Morgan fingerprint density at radius 3 is 2.84 bits per heavy atom. The quantitative estimate of drug-likeness (QED) is 0.855. The molecule has 1 saturated heterocycles. The maximum atomic E-state index is 11.7. The molecule has 1 atom stereocenters. The van der Waals surface area contributed by atoms with Gasteiger partial charge >= 0.3 is 0 Å². The monoisotopic (exact) mass is 281 g/mol. The molecule has 0 aliphatic carbocycles. The zero-order chi connectivity index (χ0) is 14.0. The van der Waals surface area contributed by atoms with Crippen molar-refractivity contribution in [2.24, 2.45) is 5.73 Å². The molecule has 1 aromatic carbocycles. The van der Waals surface area contributed by atoms with Crippen LogP contribution in [0.4, 0.5) is 0 Å². The lowest BCUT2D eigenvalue weighted by Crippen LogP contribution is -2.36. The van der Waals surface area contributed by atoms with Crippen LogP contribution < -0.4 is 11.1 Å². The Kier molecular flexibility index (Phi) is 4.07. The molecule has 2 rings (SSSR count). The maximum absolute atomic E-state index is 11.7. The molecule has 0 radical (unpaired) electrons. The molecular formula is C13H16ClN3O2. The Morgan fingerprint density at radius 1 is 1.58 bits per heavy atom. The van der Waals surface area contributed by atoms with E-state index in [2.05, 4.69) is 5.32 Å². The van der Waals surface area contributed by atoms with Gasteiger partial charge in [0.15, 0.2) is 0 Å². The van der Waals surface area contributed by atoms with Crippen LogP contribution in [0.5, 0.6) is 0 Å². The van der Waals surface area contributed by atoms with Gasteiger partial charge in [-0.15, -0.1) is 0 Å². The minimum absolute atomic E-state index is 0.102. The molecule has 0 saturated carbocycles. The summed E-state index contributed by atoms with van der Waals surface area (Å²) in [7, 11) is 1.79. The first-order valence-corrected chi connectivity index (χ1v) is 6.43. The first-order chi connectivity index (χ1) is 8.99. The lowest BCUT2D eigenvalue weighted by molar-refractivity contribution is -0.128. The van der Waals surface area contributed by atoms with Gasteiger partial charge in [-0.3, -0.25) is 9.59 Å². The highest BCUT2D eigenvalue weighted by atomic mass is 35.5. The Labute approximate surface area is 116 Å². The summed E-state index contributed by atoms with van der Waals surface area (Å²) in [5, 5.41) is 3.65. The van der Waals surface area contributed by atoms with Gasteiger partial charge in [0.1, 0.15) is 0 Å². The number of primary amides is 1. The SMILES string of the molecule is CN1CCC(NCc2ccc(C(N)=O)cc2Cl)C1=O. The highest BCUT2D eigenvalue weighted by Crippen LogP contribution is 2.18. The third-order valence-corrected chi connectivity index (χ3v) is 3.66. The third-order valence-electron chi connectivity index (χ3n) is 3.30. The standard InChI is InChI=1S/C13H16ClN3O2/c1-17-5-4-11(13(17)19)16-7-9-3-2-8(12(15)18)6-10(9)14/h2-3,6,11,16H,4-5,7H2,1H3,(H2,15,18). The number of nitrogens with two attached hydrogens (primary N) is 1. The molecular weight excluding hydrogens is 266 g/mol. The predicted octanol–water partition coefficient (Wildman–Crippen LogP) is 0.759. The lowest BCUT2D eigenvalue weighted by atomic mass is 10.1. The Morgan fingerprint density at radius 2 is 2.32 bits per heavy atom. The molecule has 19 heavy (non-hydrogen) atoms. The molecule has 5 nitrogen and oxygen atoms in total. The van der Waals surface area contributed by atoms with Gasteiger partial charge in [0.25, 0.3) is 0 Å². The average Bonchev–Trinajstić information content (AvgIpc) is 2.68. The number of hydrogen-bond donors (Lipinski definition) is 2. The molecule has 0 spiro atoms. The number of hydrogen-bond acceptors (Lipinski definition) is 3. The van der Waals surface area contributed by atoms with Crippen LogP contribution in [0, 0.1) is 0 Å². The molecule has 6 heteroatoms. The molecule has 1 heterocycles. The number of amides is 2. The van der Waals surface area contributed by atoms with E-state index in [9.17, 15) is 9.59 Å². The second-order valence-electron chi connectivity index (χ2n) is 4.65. The van der Waals surface area contributed by atoms with E-state index in [0.29, 0.717) is 17.1 Å². The van der Waals surface area contributed by atoms with Gasteiger partial charge in [0, 0.05) is 30.7 Å². The van der Waals surface area contributed by atoms with E-state index in [4.69, 9.17) is 17.3 Å². The van der Waals surface area contributed by atoms with E-state index in [1.807, 2.05) is 0 Å². The molecule has 1 aliphatic rings. The molecule has 2 amide bonds. The zero-order valence-corrected chi connectivity index (χ0v) is 11.4. The van der Waals surface area contributed by atoms with Gasteiger partial charge in [0.2, 0.25) is 11.8 Å². The molecule has 0 bridgehead atoms. The van der Waals surface area contributed by atoms with Gasteiger partial charge in [0.05, 0.1) is 6.04 Å². The zero-order valence-electron chi connectivity index (χ0n) is 10.6. The number of likely N-dealkylation sites (N-methyl/N-ethyl adjacent to an activating group) is 1.